The Bertz CT molecular complexity index is 704. The van der Waals surface area contributed by atoms with E-state index >= 15 is 0 Å². The summed E-state index contributed by atoms with van der Waals surface area (Å²) in [5.74, 6) is 1.69. The topological polar surface area (TPSA) is 58.5 Å². The van der Waals surface area contributed by atoms with E-state index in [2.05, 4.69) is 39.7 Å². The molecule has 0 bridgehead atoms. The van der Waals surface area contributed by atoms with E-state index in [4.69, 9.17) is 4.74 Å². The highest BCUT2D eigenvalue weighted by Gasteiger charge is 2.04. The minimum Gasteiger partial charge on any atom is -0.496 e. The number of nitrogens with one attached hydrogen (secondary N) is 2. The smallest absolute Gasteiger partial charge is 0.191 e. The van der Waals surface area contributed by atoms with Crippen LogP contribution in [0.2, 0.25) is 0 Å². The molecule has 2 aromatic rings. The zero-order valence-electron chi connectivity index (χ0n) is 15.3. The number of aryl methyl sites for hydroxylation is 2. The molecule has 0 aliphatic heterocycles. The number of halogens is 1. The summed E-state index contributed by atoms with van der Waals surface area (Å²) < 4.78 is 5.42. The molecule has 0 saturated carbocycles. The molecule has 5 nitrogen and oxygen atoms in total. The fourth-order valence-electron chi connectivity index (χ4n) is 2.51. The molecule has 2 N–H and O–H groups in total. The van der Waals surface area contributed by atoms with Crippen molar-refractivity contribution in [2.75, 3.05) is 20.7 Å². The number of nitrogens with zero attached hydrogens (tertiary/aromatic N) is 2. The van der Waals surface area contributed by atoms with Crippen molar-refractivity contribution in [3.63, 3.8) is 0 Å². The number of hydrogen-bond donors (Lipinski definition) is 2. The Balaban J connectivity index is 0.00000312. The summed E-state index contributed by atoms with van der Waals surface area (Å²) in [5, 5.41) is 6.61. The fraction of sp³-hybridized carbons (Fsp3) is 0.368. The van der Waals surface area contributed by atoms with Gasteiger partial charge in [-0.2, -0.15) is 0 Å². The third-order valence-corrected chi connectivity index (χ3v) is 3.73. The number of methoxy groups -OCH3 is 1. The average molecular weight is 454 g/mol. The van der Waals surface area contributed by atoms with E-state index in [1.165, 1.54) is 11.1 Å². The summed E-state index contributed by atoms with van der Waals surface area (Å²) >= 11 is 0. The fourth-order valence-corrected chi connectivity index (χ4v) is 2.51. The molecule has 1 heterocycles. The number of aromatic nitrogens is 1. The molecular formula is C19H27IN4O. The van der Waals surface area contributed by atoms with Gasteiger partial charge in [0.05, 0.1) is 19.3 Å². The molecular weight excluding hydrogens is 427 g/mol. The third kappa shape index (κ3) is 6.89. The van der Waals surface area contributed by atoms with Crippen LogP contribution in [0, 0.1) is 13.8 Å². The van der Waals surface area contributed by atoms with Gasteiger partial charge in [0.2, 0.25) is 0 Å². The monoisotopic (exact) mass is 454 g/mol. The van der Waals surface area contributed by atoms with Crippen LogP contribution in [0.1, 0.15) is 22.5 Å². The number of hydrogen-bond acceptors (Lipinski definition) is 3. The Labute approximate surface area is 167 Å². The molecule has 136 valence electrons. The highest BCUT2D eigenvalue weighted by Crippen LogP contribution is 2.19. The Morgan fingerprint density at radius 2 is 1.96 bits per heavy atom. The SMILES string of the molecule is CN=C(NCCc1cc(C)ccc1OC)NCc1cccc(C)n1.I. The highest BCUT2D eigenvalue weighted by atomic mass is 127. The van der Waals surface area contributed by atoms with Crippen LogP contribution in [0.5, 0.6) is 5.75 Å². The first-order chi connectivity index (χ1) is 11.6. The van der Waals surface area contributed by atoms with E-state index in [0.717, 1.165) is 36.1 Å². The minimum absolute atomic E-state index is 0. The Kier molecular flexibility index (Phi) is 9.26. The van der Waals surface area contributed by atoms with Crippen LogP contribution in [-0.2, 0) is 13.0 Å². The van der Waals surface area contributed by atoms with E-state index < -0.39 is 0 Å². The molecule has 0 atom stereocenters. The predicted octanol–water partition coefficient (Wildman–Crippen LogP) is 3.23. The number of pyridine rings is 1. The van der Waals surface area contributed by atoms with Crippen molar-refractivity contribution in [3.05, 3.63) is 58.9 Å². The quantitative estimate of drug-likeness (QED) is 0.400. The molecule has 2 rings (SSSR count). The maximum absolute atomic E-state index is 5.42. The van der Waals surface area contributed by atoms with Crippen LogP contribution in [0.4, 0.5) is 0 Å². The van der Waals surface area contributed by atoms with Crippen molar-refractivity contribution < 1.29 is 4.74 Å². The van der Waals surface area contributed by atoms with E-state index in [0.29, 0.717) is 6.54 Å². The van der Waals surface area contributed by atoms with Gasteiger partial charge in [0.15, 0.2) is 5.96 Å². The van der Waals surface area contributed by atoms with Gasteiger partial charge in [0, 0.05) is 19.3 Å². The van der Waals surface area contributed by atoms with E-state index in [9.17, 15) is 0 Å². The summed E-state index contributed by atoms with van der Waals surface area (Å²) in [4.78, 5) is 8.73. The van der Waals surface area contributed by atoms with Crippen molar-refractivity contribution in [2.45, 2.75) is 26.8 Å². The molecule has 0 radical (unpaired) electrons. The van der Waals surface area contributed by atoms with Crippen LogP contribution in [0.25, 0.3) is 0 Å². The van der Waals surface area contributed by atoms with Crippen LogP contribution in [-0.4, -0.2) is 31.6 Å². The second-order valence-electron chi connectivity index (χ2n) is 5.69. The summed E-state index contributed by atoms with van der Waals surface area (Å²) in [6.45, 7) is 5.51. The van der Waals surface area contributed by atoms with Gasteiger partial charge in [-0.05, 0) is 44.0 Å². The van der Waals surface area contributed by atoms with Gasteiger partial charge in [-0.3, -0.25) is 9.98 Å². The molecule has 0 spiro atoms. The van der Waals surface area contributed by atoms with E-state index in [1.807, 2.05) is 31.2 Å². The predicted molar refractivity (Wildman–Crippen MR) is 114 cm³/mol. The summed E-state index contributed by atoms with van der Waals surface area (Å²) in [6, 6.07) is 12.2. The molecule has 0 amide bonds. The van der Waals surface area contributed by atoms with Gasteiger partial charge in [-0.15, -0.1) is 24.0 Å². The lowest BCUT2D eigenvalue weighted by molar-refractivity contribution is 0.409. The molecule has 6 heteroatoms. The third-order valence-electron chi connectivity index (χ3n) is 3.73. The van der Waals surface area contributed by atoms with Crippen LogP contribution >= 0.6 is 24.0 Å². The molecule has 0 saturated heterocycles. The first-order valence-electron chi connectivity index (χ1n) is 8.13. The van der Waals surface area contributed by atoms with Gasteiger partial charge in [-0.1, -0.05) is 23.8 Å². The van der Waals surface area contributed by atoms with Crippen molar-refractivity contribution in [1.29, 1.82) is 0 Å². The van der Waals surface area contributed by atoms with Gasteiger partial charge >= 0.3 is 0 Å². The Hall–Kier alpha value is -1.83. The van der Waals surface area contributed by atoms with Crippen molar-refractivity contribution >= 4 is 29.9 Å². The molecule has 0 unspecified atom stereocenters. The van der Waals surface area contributed by atoms with Crippen LogP contribution in [0.3, 0.4) is 0 Å². The second kappa shape index (κ2) is 10.9. The first kappa shape index (κ1) is 21.2. The maximum atomic E-state index is 5.42. The van der Waals surface area contributed by atoms with Crippen molar-refractivity contribution in [3.8, 4) is 5.75 Å². The molecule has 1 aromatic carbocycles. The Morgan fingerprint density at radius 1 is 1.16 bits per heavy atom. The number of benzene rings is 1. The van der Waals surface area contributed by atoms with Gasteiger partial charge in [-0.25, -0.2) is 0 Å². The lowest BCUT2D eigenvalue weighted by atomic mass is 10.1. The Morgan fingerprint density at radius 3 is 2.64 bits per heavy atom. The van der Waals surface area contributed by atoms with Gasteiger partial charge < -0.3 is 15.4 Å². The van der Waals surface area contributed by atoms with Crippen LogP contribution in [0.15, 0.2) is 41.4 Å². The van der Waals surface area contributed by atoms with Crippen molar-refractivity contribution in [1.82, 2.24) is 15.6 Å². The normalized spacial score (nSPS) is 10.8. The number of aliphatic imine (C=N–C) groups is 1. The molecule has 1 aromatic heterocycles. The highest BCUT2D eigenvalue weighted by molar-refractivity contribution is 14.0. The lowest BCUT2D eigenvalue weighted by Gasteiger charge is -2.13. The number of rotatable bonds is 6. The zero-order valence-corrected chi connectivity index (χ0v) is 17.6. The molecule has 0 fully saturated rings. The largest absolute Gasteiger partial charge is 0.496 e. The lowest BCUT2D eigenvalue weighted by Crippen LogP contribution is -2.38. The minimum atomic E-state index is 0. The molecule has 0 aliphatic carbocycles. The van der Waals surface area contributed by atoms with Crippen LogP contribution < -0.4 is 15.4 Å². The summed E-state index contributed by atoms with van der Waals surface area (Å²) in [5.41, 5.74) is 4.45. The zero-order chi connectivity index (χ0) is 17.4. The summed E-state index contributed by atoms with van der Waals surface area (Å²) in [7, 11) is 3.48. The van der Waals surface area contributed by atoms with Crippen molar-refractivity contribution in [2.24, 2.45) is 4.99 Å². The van der Waals surface area contributed by atoms with E-state index in [-0.39, 0.29) is 24.0 Å². The number of ether oxygens (including phenoxy) is 1. The standard InChI is InChI=1S/C19H26N4O.HI/c1-14-8-9-18(24-4)16(12-14)10-11-21-19(20-3)22-13-17-7-5-6-15(2)23-17;/h5-9,12H,10-11,13H2,1-4H3,(H2,20,21,22);1H. The first-order valence-corrected chi connectivity index (χ1v) is 8.13. The second-order valence-corrected chi connectivity index (χ2v) is 5.69. The van der Waals surface area contributed by atoms with Gasteiger partial charge in [0.25, 0.3) is 0 Å². The average Bonchev–Trinajstić information content (AvgIpc) is 2.58. The summed E-state index contributed by atoms with van der Waals surface area (Å²) in [6.07, 6.45) is 0.869. The maximum Gasteiger partial charge on any atom is 0.191 e. The molecule has 0 aliphatic rings. The van der Waals surface area contributed by atoms with Gasteiger partial charge in [0.1, 0.15) is 5.75 Å². The number of guanidine groups is 1. The molecule has 25 heavy (non-hydrogen) atoms. The van der Waals surface area contributed by atoms with E-state index in [1.54, 1.807) is 14.2 Å².